The number of methoxy groups -OCH3 is 1. The highest BCUT2D eigenvalue weighted by Gasteiger charge is 2.55. The topological polar surface area (TPSA) is 93.7 Å². The molecule has 1 fully saturated rings. The van der Waals surface area contributed by atoms with Crippen LogP contribution in [0.25, 0.3) is 5.57 Å². The van der Waals surface area contributed by atoms with Crippen LogP contribution < -0.4 is 10.1 Å². The van der Waals surface area contributed by atoms with E-state index in [1.54, 1.807) is 36.4 Å². The second kappa shape index (κ2) is 12.9. The van der Waals surface area contributed by atoms with Gasteiger partial charge in [0.1, 0.15) is 17.2 Å². The van der Waals surface area contributed by atoms with Gasteiger partial charge < -0.3 is 14.8 Å². The van der Waals surface area contributed by atoms with Crippen molar-refractivity contribution in [3.05, 3.63) is 101 Å². The van der Waals surface area contributed by atoms with E-state index in [1.807, 2.05) is 56.0 Å². The summed E-state index contributed by atoms with van der Waals surface area (Å²) in [6.45, 7) is 6.25. The maximum atomic E-state index is 16.4. The molecule has 1 aliphatic heterocycles. The van der Waals surface area contributed by atoms with E-state index in [-0.39, 0.29) is 35.5 Å². The predicted molar refractivity (Wildman–Crippen MR) is 173 cm³/mol. The Hall–Kier alpha value is -3.79. The van der Waals surface area contributed by atoms with E-state index in [9.17, 15) is 9.59 Å². The maximum absolute atomic E-state index is 16.4. The first-order valence-electron chi connectivity index (χ1n) is 14.6. The number of carbonyl (C=O) groups is 2. The zero-order valence-corrected chi connectivity index (χ0v) is 27.0. The number of anilines is 1. The zero-order valence-electron chi connectivity index (χ0n) is 25.5. The molecule has 1 saturated heterocycles. The minimum Gasteiger partial charge on any atom is -0.480 e. The van der Waals surface area contributed by atoms with Gasteiger partial charge in [0.2, 0.25) is 5.88 Å². The number of halogens is 3. The number of benzene rings is 1. The number of rotatable bonds is 9. The number of esters is 1. The van der Waals surface area contributed by atoms with Gasteiger partial charge in [-0.25, -0.2) is 14.4 Å². The summed E-state index contributed by atoms with van der Waals surface area (Å²) in [7, 11) is 1.40. The van der Waals surface area contributed by atoms with E-state index in [1.165, 1.54) is 13.3 Å². The van der Waals surface area contributed by atoms with Crippen LogP contribution in [0.1, 0.15) is 60.8 Å². The number of alkyl halides is 2. The Labute approximate surface area is 272 Å². The van der Waals surface area contributed by atoms with Crippen molar-refractivity contribution in [2.75, 3.05) is 19.0 Å². The molecule has 1 unspecified atom stereocenters. The van der Waals surface area contributed by atoms with Crippen molar-refractivity contribution in [2.24, 2.45) is 0 Å². The molecule has 5 rings (SSSR count). The molecule has 3 heterocycles. The molecule has 2 atom stereocenters. The van der Waals surface area contributed by atoms with Crippen molar-refractivity contribution in [1.29, 1.82) is 0 Å². The molecule has 2 aromatic heterocycles. The number of hydrogen-bond donors (Lipinski definition) is 1. The van der Waals surface area contributed by atoms with Gasteiger partial charge >= 0.3 is 5.97 Å². The summed E-state index contributed by atoms with van der Waals surface area (Å²) in [4.78, 5) is 35.4. The van der Waals surface area contributed by atoms with Crippen LogP contribution in [0.3, 0.4) is 0 Å². The Morgan fingerprint density at radius 1 is 1.18 bits per heavy atom. The third kappa shape index (κ3) is 6.48. The van der Waals surface area contributed by atoms with Crippen LogP contribution in [0.2, 0.25) is 0 Å². The predicted octanol–water partition coefficient (Wildman–Crippen LogP) is 6.88. The Morgan fingerprint density at radius 3 is 2.62 bits per heavy atom. The molecule has 0 amide bonds. The van der Waals surface area contributed by atoms with Gasteiger partial charge in [-0.1, -0.05) is 65.7 Å². The molecule has 0 bridgehead atoms. The molecule has 1 aliphatic carbocycles. The number of aromatic nitrogens is 2. The van der Waals surface area contributed by atoms with Crippen LogP contribution in [-0.2, 0) is 21.6 Å². The molecule has 1 N–H and O–H groups in total. The lowest BCUT2D eigenvalue weighted by Gasteiger charge is -2.44. The fourth-order valence-electron chi connectivity index (χ4n) is 5.71. The van der Waals surface area contributed by atoms with Gasteiger partial charge in [0.05, 0.1) is 18.4 Å². The molecule has 2 aliphatic rings. The summed E-state index contributed by atoms with van der Waals surface area (Å²) in [5.41, 5.74) is -0.105. The van der Waals surface area contributed by atoms with E-state index in [4.69, 9.17) is 32.7 Å². The second-order valence-electron chi connectivity index (χ2n) is 12.0. The standard InChI is InChI=1S/C34H35Cl2FN4O4/c1-32(2,3)45-31(43)26-13-9-19-41(26)20-23-16-18-38-29(28(23)37)40-33(27-15-14-24(21-42)30(39-27)44-4)17-8-12-25(34(33,35)36)22-10-6-5-7-11-22/h5-8,10-12,14-18,21,26H,9,13,19-20H2,1-4H3,(H,38,40)/t26-,33?/m0/s1. The lowest BCUT2D eigenvalue weighted by atomic mass is 9.79. The summed E-state index contributed by atoms with van der Waals surface area (Å²) in [6.07, 6.45) is 8.77. The minimum atomic E-state index is -1.76. The molecule has 1 aromatic carbocycles. The molecule has 0 radical (unpaired) electrons. The normalized spacial score (nSPS) is 21.2. The number of pyridine rings is 2. The van der Waals surface area contributed by atoms with Gasteiger partial charge in [-0.15, -0.1) is 0 Å². The highest BCUT2D eigenvalue weighted by Crippen LogP contribution is 2.54. The summed E-state index contributed by atoms with van der Waals surface area (Å²) >= 11 is 14.6. The number of allylic oxidation sites excluding steroid dienone is 2. The molecule has 3 aromatic rings. The molecular formula is C34H35Cl2FN4O4. The van der Waals surface area contributed by atoms with Crippen LogP contribution in [-0.4, -0.2) is 56.8 Å². The van der Waals surface area contributed by atoms with Crippen LogP contribution in [0.4, 0.5) is 10.2 Å². The fraction of sp³-hybridized carbons (Fsp3) is 0.353. The highest BCUT2D eigenvalue weighted by molar-refractivity contribution is 6.55. The molecule has 8 nitrogen and oxygen atoms in total. The van der Waals surface area contributed by atoms with E-state index < -0.39 is 27.3 Å². The molecule has 236 valence electrons. The third-order valence-electron chi connectivity index (χ3n) is 7.84. The van der Waals surface area contributed by atoms with Crippen LogP contribution in [0, 0.1) is 5.82 Å². The first-order chi connectivity index (χ1) is 21.4. The lowest BCUT2D eigenvalue weighted by Crippen LogP contribution is -2.51. The van der Waals surface area contributed by atoms with E-state index >= 15 is 4.39 Å². The van der Waals surface area contributed by atoms with Gasteiger partial charge in [0.15, 0.2) is 22.3 Å². The highest BCUT2D eigenvalue weighted by atomic mass is 35.5. The molecule has 11 heteroatoms. The summed E-state index contributed by atoms with van der Waals surface area (Å²) in [6, 6.07) is 13.6. The van der Waals surface area contributed by atoms with Gasteiger partial charge in [-0.2, -0.15) is 0 Å². The van der Waals surface area contributed by atoms with Crippen molar-refractivity contribution < 1.29 is 23.5 Å². The van der Waals surface area contributed by atoms with Crippen LogP contribution in [0.5, 0.6) is 5.88 Å². The van der Waals surface area contributed by atoms with Crippen LogP contribution in [0.15, 0.2) is 73.0 Å². The second-order valence-corrected chi connectivity index (χ2v) is 13.3. The van der Waals surface area contributed by atoms with Gasteiger partial charge in [-0.3, -0.25) is 14.5 Å². The Bertz CT molecular complexity index is 1640. The average molecular weight is 654 g/mol. The van der Waals surface area contributed by atoms with E-state index in [0.29, 0.717) is 30.4 Å². The number of nitrogens with one attached hydrogen (secondary N) is 1. The Morgan fingerprint density at radius 2 is 1.93 bits per heavy atom. The van der Waals surface area contributed by atoms with E-state index in [0.717, 1.165) is 12.0 Å². The van der Waals surface area contributed by atoms with Crippen LogP contribution >= 0.6 is 23.2 Å². The molecule has 0 spiro atoms. The first-order valence-corrected chi connectivity index (χ1v) is 15.4. The van der Waals surface area contributed by atoms with Crippen molar-refractivity contribution >= 4 is 46.8 Å². The number of ether oxygens (including phenoxy) is 2. The number of carbonyl (C=O) groups excluding carboxylic acids is 2. The lowest BCUT2D eigenvalue weighted by molar-refractivity contribution is -0.160. The van der Waals surface area contributed by atoms with Gasteiger partial charge in [0.25, 0.3) is 0 Å². The molecular weight excluding hydrogens is 618 g/mol. The third-order valence-corrected chi connectivity index (χ3v) is 8.85. The summed E-state index contributed by atoms with van der Waals surface area (Å²) < 4.78 is 25.7. The van der Waals surface area contributed by atoms with Crippen molar-refractivity contribution in [1.82, 2.24) is 14.9 Å². The maximum Gasteiger partial charge on any atom is 0.323 e. The minimum absolute atomic E-state index is 0.0569. The monoisotopic (exact) mass is 652 g/mol. The average Bonchev–Trinajstić information content (AvgIpc) is 3.47. The van der Waals surface area contributed by atoms with Gasteiger partial charge in [0, 0.05) is 18.3 Å². The summed E-state index contributed by atoms with van der Waals surface area (Å²) in [5.74, 6) is -1.02. The fourth-order valence-corrected chi connectivity index (χ4v) is 6.47. The van der Waals surface area contributed by atoms with Crippen molar-refractivity contribution in [3.63, 3.8) is 0 Å². The summed E-state index contributed by atoms with van der Waals surface area (Å²) in [5, 5.41) is 3.19. The first kappa shape index (κ1) is 32.6. The SMILES string of the molecule is COc1nc(C2(Nc3nccc(CN4CCC[C@H]4C(=O)OC(C)(C)C)c3F)C=CC=C(c3ccccc3)C2(Cl)Cl)ccc1C=O. The van der Waals surface area contributed by atoms with E-state index in [2.05, 4.69) is 15.3 Å². The quantitative estimate of drug-likeness (QED) is 0.152. The number of hydrogen-bond acceptors (Lipinski definition) is 8. The van der Waals surface area contributed by atoms with Crippen molar-refractivity contribution in [3.8, 4) is 5.88 Å². The number of aldehydes is 1. The number of likely N-dealkylation sites (tertiary alicyclic amines) is 1. The Kier molecular flexibility index (Phi) is 9.35. The largest absolute Gasteiger partial charge is 0.480 e. The molecule has 45 heavy (non-hydrogen) atoms. The Balaban J connectivity index is 1.56. The molecule has 0 saturated carbocycles. The smallest absolute Gasteiger partial charge is 0.323 e. The zero-order chi connectivity index (χ0) is 32.4. The number of nitrogens with zero attached hydrogens (tertiary/aromatic N) is 3. The van der Waals surface area contributed by atoms with Gasteiger partial charge in [-0.05, 0) is 75.6 Å². The van der Waals surface area contributed by atoms with Crippen molar-refractivity contribution in [2.45, 2.75) is 61.7 Å².